The molecule has 2 heterocycles. The van der Waals surface area contributed by atoms with E-state index in [-0.39, 0.29) is 41.5 Å². The maximum absolute atomic E-state index is 13.0. The number of hydrogen-bond donors (Lipinski definition) is 3. The normalized spacial score (nSPS) is 14.3. The van der Waals surface area contributed by atoms with Gasteiger partial charge >= 0.3 is 12.1 Å². The van der Waals surface area contributed by atoms with Crippen LogP contribution in [-0.4, -0.2) is 74.9 Å². The number of carboxylic acid groups (broad SMARTS) is 1. The number of aryl methyl sites for hydroxylation is 1. The fraction of sp³-hybridized carbons (Fsp3) is 0.472. The number of halogens is 2. The van der Waals surface area contributed by atoms with E-state index in [4.69, 9.17) is 42.9 Å². The van der Waals surface area contributed by atoms with Gasteiger partial charge in [-0.1, -0.05) is 49.2 Å². The van der Waals surface area contributed by atoms with Gasteiger partial charge < -0.3 is 30.1 Å². The molecule has 1 aliphatic heterocycles. The van der Waals surface area contributed by atoms with Crippen LogP contribution in [0.4, 0.5) is 4.79 Å². The third kappa shape index (κ3) is 10.4. The second-order valence-corrected chi connectivity index (χ2v) is 14.6. The average Bonchev–Trinajstić information content (AvgIpc) is 3.43. The van der Waals surface area contributed by atoms with Crippen LogP contribution < -0.4 is 15.4 Å². The number of amides is 3. The second kappa shape index (κ2) is 16.6. The van der Waals surface area contributed by atoms with Gasteiger partial charge in [-0.3, -0.25) is 14.3 Å². The summed E-state index contributed by atoms with van der Waals surface area (Å²) in [7, 11) is 1.87. The number of carbonyl (C=O) groups excluding carboxylic acids is 3. The molecule has 0 saturated carbocycles. The summed E-state index contributed by atoms with van der Waals surface area (Å²) in [4.78, 5) is 51.1. The molecule has 1 aromatic heterocycles. The van der Waals surface area contributed by atoms with Gasteiger partial charge in [-0.05, 0) is 81.8 Å². The summed E-state index contributed by atoms with van der Waals surface area (Å²) in [6.07, 6.45) is 1.15. The summed E-state index contributed by atoms with van der Waals surface area (Å²) in [6.45, 7) is 10.2. The highest BCUT2D eigenvalue weighted by atomic mass is 35.5. The Bertz CT molecular complexity index is 1690. The third-order valence-corrected chi connectivity index (χ3v) is 9.09. The van der Waals surface area contributed by atoms with E-state index in [2.05, 4.69) is 10.6 Å². The largest absolute Gasteiger partial charge is 0.487 e. The molecule has 50 heavy (non-hydrogen) atoms. The molecular formula is C36H45Cl2N5O7. The fourth-order valence-corrected chi connectivity index (χ4v) is 6.19. The first-order chi connectivity index (χ1) is 23.5. The fourth-order valence-electron chi connectivity index (χ4n) is 5.72. The number of ether oxygens (including phenoxy) is 2. The number of hydrogen-bond acceptors (Lipinski definition) is 7. The Balaban J connectivity index is 1.32. The lowest BCUT2D eigenvalue weighted by molar-refractivity contribution is -0.134. The molecule has 0 bridgehead atoms. The maximum atomic E-state index is 13.0. The highest BCUT2D eigenvalue weighted by molar-refractivity contribution is 6.44. The van der Waals surface area contributed by atoms with Gasteiger partial charge in [-0.15, -0.1) is 0 Å². The summed E-state index contributed by atoms with van der Waals surface area (Å²) in [6, 6.07) is 11.1. The van der Waals surface area contributed by atoms with Crippen molar-refractivity contribution in [2.75, 3.05) is 19.6 Å². The Morgan fingerprint density at radius 3 is 2.28 bits per heavy atom. The SMILES string of the molecule is CC(C)C[C@@H](NC(=O)OC(C)(C)C)C(=O)NCC(=O)N1CCC(c2cc(-c3ccc(OCc4ccc(C(=O)O)cc4)c(Cl)c3Cl)nn2C)CC1. The molecule has 14 heteroatoms. The van der Waals surface area contributed by atoms with Crippen molar-refractivity contribution in [2.24, 2.45) is 13.0 Å². The number of rotatable bonds is 12. The Hall–Kier alpha value is -4.29. The van der Waals surface area contributed by atoms with Gasteiger partial charge in [0, 0.05) is 37.3 Å². The second-order valence-electron chi connectivity index (χ2n) is 13.8. The topological polar surface area (TPSA) is 152 Å². The standard InChI is InChI=1S/C36H45Cl2N5O7/c1-21(2)17-27(40-35(48)50-36(3,4)5)33(45)39-19-30(44)43-15-13-23(14-16-43)28-18-26(41-42(28)6)25-11-12-29(32(38)31(25)37)49-20-22-7-9-24(10-8-22)34(46)47/h7-12,18,21,23,27H,13-17,19-20H2,1-6H3,(H,39,45)(H,40,48)(H,46,47)/t27-/m1/s1. The Morgan fingerprint density at radius 2 is 1.68 bits per heavy atom. The van der Waals surface area contributed by atoms with E-state index in [1.165, 1.54) is 12.1 Å². The average molecular weight is 731 g/mol. The van der Waals surface area contributed by atoms with E-state index in [9.17, 15) is 19.2 Å². The van der Waals surface area contributed by atoms with Gasteiger partial charge in [0.1, 0.15) is 29.0 Å². The van der Waals surface area contributed by atoms with Gasteiger partial charge in [-0.2, -0.15) is 5.10 Å². The molecule has 1 aliphatic rings. The maximum Gasteiger partial charge on any atom is 0.408 e. The van der Waals surface area contributed by atoms with Crippen molar-refractivity contribution in [3.8, 4) is 17.0 Å². The van der Waals surface area contributed by atoms with E-state index in [1.807, 2.05) is 31.6 Å². The van der Waals surface area contributed by atoms with Crippen molar-refractivity contribution in [1.29, 1.82) is 0 Å². The van der Waals surface area contributed by atoms with Crippen molar-refractivity contribution < 1.29 is 33.8 Å². The number of carbonyl (C=O) groups is 4. The van der Waals surface area contributed by atoms with Crippen molar-refractivity contribution in [3.05, 3.63) is 69.3 Å². The molecule has 0 aliphatic carbocycles. The summed E-state index contributed by atoms with van der Waals surface area (Å²) in [5.41, 5.74) is 2.58. The van der Waals surface area contributed by atoms with E-state index < -0.39 is 29.6 Å². The molecule has 1 saturated heterocycles. The van der Waals surface area contributed by atoms with Crippen LogP contribution in [0.2, 0.25) is 10.0 Å². The van der Waals surface area contributed by atoms with Gasteiger partial charge in [0.15, 0.2) is 0 Å². The summed E-state index contributed by atoms with van der Waals surface area (Å²) in [5, 5.41) is 19.7. The number of carboxylic acids is 1. The molecule has 270 valence electrons. The molecule has 0 unspecified atom stereocenters. The first kappa shape index (κ1) is 38.5. The van der Waals surface area contributed by atoms with Crippen LogP contribution >= 0.6 is 23.2 Å². The summed E-state index contributed by atoms with van der Waals surface area (Å²) in [5.74, 6) is -0.945. The smallest absolute Gasteiger partial charge is 0.408 e. The molecule has 3 amide bonds. The van der Waals surface area contributed by atoms with E-state index in [0.29, 0.717) is 54.4 Å². The predicted octanol–water partition coefficient (Wildman–Crippen LogP) is 6.43. The quantitative estimate of drug-likeness (QED) is 0.193. The first-order valence-corrected chi connectivity index (χ1v) is 17.3. The molecular weight excluding hydrogens is 685 g/mol. The van der Waals surface area contributed by atoms with Crippen molar-refractivity contribution >= 4 is 47.1 Å². The minimum atomic E-state index is -0.998. The minimum Gasteiger partial charge on any atom is -0.487 e. The zero-order valence-electron chi connectivity index (χ0n) is 29.2. The van der Waals surface area contributed by atoms with Crippen molar-refractivity contribution in [1.82, 2.24) is 25.3 Å². The summed E-state index contributed by atoms with van der Waals surface area (Å²) >= 11 is 13.3. The lowest BCUT2D eigenvalue weighted by atomic mass is 9.92. The highest BCUT2D eigenvalue weighted by Crippen LogP contribution is 2.40. The zero-order valence-corrected chi connectivity index (χ0v) is 30.7. The van der Waals surface area contributed by atoms with Crippen LogP contribution in [0.5, 0.6) is 5.75 Å². The summed E-state index contributed by atoms with van der Waals surface area (Å²) < 4.78 is 13.0. The van der Waals surface area contributed by atoms with E-state index in [0.717, 1.165) is 11.3 Å². The molecule has 0 spiro atoms. The molecule has 4 rings (SSSR count). The van der Waals surface area contributed by atoms with Gasteiger partial charge in [0.25, 0.3) is 0 Å². The number of benzene rings is 2. The third-order valence-electron chi connectivity index (χ3n) is 8.23. The molecule has 3 aromatic rings. The molecule has 0 radical (unpaired) electrons. The number of nitrogens with zero attached hydrogens (tertiary/aromatic N) is 3. The number of aromatic carboxylic acids is 1. The number of alkyl carbamates (subject to hydrolysis) is 1. The van der Waals surface area contributed by atoms with E-state index >= 15 is 0 Å². The van der Waals surface area contributed by atoms with Gasteiger partial charge in [-0.25, -0.2) is 9.59 Å². The molecule has 2 aromatic carbocycles. The Labute approximate surface area is 302 Å². The monoisotopic (exact) mass is 729 g/mol. The molecule has 1 fully saturated rings. The van der Waals surface area contributed by atoms with Crippen LogP contribution in [0.3, 0.4) is 0 Å². The lowest BCUT2D eigenvalue weighted by Gasteiger charge is -2.32. The Morgan fingerprint density at radius 1 is 1.02 bits per heavy atom. The minimum absolute atomic E-state index is 0.132. The van der Waals surface area contributed by atoms with Crippen LogP contribution in [0, 0.1) is 5.92 Å². The van der Waals surface area contributed by atoms with E-state index in [1.54, 1.807) is 49.9 Å². The molecule has 12 nitrogen and oxygen atoms in total. The highest BCUT2D eigenvalue weighted by Gasteiger charge is 2.29. The van der Waals surface area contributed by atoms with Crippen molar-refractivity contribution in [3.63, 3.8) is 0 Å². The number of piperidine rings is 1. The number of nitrogens with one attached hydrogen (secondary N) is 2. The van der Waals surface area contributed by atoms with Gasteiger partial charge in [0.2, 0.25) is 11.8 Å². The predicted molar refractivity (Wildman–Crippen MR) is 191 cm³/mol. The van der Waals surface area contributed by atoms with Crippen LogP contribution in [-0.2, 0) is 28.0 Å². The number of aromatic nitrogens is 2. The zero-order chi connectivity index (χ0) is 36.7. The van der Waals surface area contributed by atoms with Crippen LogP contribution in [0.15, 0.2) is 42.5 Å². The molecule has 1 atom stereocenters. The van der Waals surface area contributed by atoms with Crippen LogP contribution in [0.25, 0.3) is 11.3 Å². The van der Waals surface area contributed by atoms with Gasteiger partial charge in [0.05, 0.1) is 22.8 Å². The molecule has 3 N–H and O–H groups in total. The van der Waals surface area contributed by atoms with Crippen LogP contribution in [0.1, 0.15) is 81.4 Å². The number of likely N-dealkylation sites (tertiary alicyclic amines) is 1. The Kier molecular flexibility index (Phi) is 12.8. The van der Waals surface area contributed by atoms with Crippen molar-refractivity contribution in [2.45, 2.75) is 78.0 Å². The lowest BCUT2D eigenvalue weighted by Crippen LogP contribution is -2.51. The first-order valence-electron chi connectivity index (χ1n) is 16.5.